The number of hydrogen-bond donors (Lipinski definition) is 2. The van der Waals surface area contributed by atoms with Crippen LogP contribution in [0.2, 0.25) is 0 Å². The summed E-state index contributed by atoms with van der Waals surface area (Å²) in [5, 5.41) is 5.83. The van der Waals surface area contributed by atoms with Crippen LogP contribution in [0.3, 0.4) is 0 Å². The van der Waals surface area contributed by atoms with Crippen molar-refractivity contribution in [2.24, 2.45) is 0 Å². The molecule has 3 rings (SSSR count). The van der Waals surface area contributed by atoms with Gasteiger partial charge in [0.2, 0.25) is 5.91 Å². The van der Waals surface area contributed by atoms with Gasteiger partial charge in [-0.2, -0.15) is 0 Å². The summed E-state index contributed by atoms with van der Waals surface area (Å²) in [6, 6.07) is 7.49. The molecule has 2 aromatic rings. The van der Waals surface area contributed by atoms with Crippen molar-refractivity contribution in [2.45, 2.75) is 26.8 Å². The zero-order valence-electron chi connectivity index (χ0n) is 16.7. The molecule has 7 nitrogen and oxygen atoms in total. The highest BCUT2D eigenvalue weighted by Gasteiger charge is 2.19. The Morgan fingerprint density at radius 3 is 2.62 bits per heavy atom. The van der Waals surface area contributed by atoms with Crippen LogP contribution in [0.5, 0.6) is 0 Å². The van der Waals surface area contributed by atoms with Crippen molar-refractivity contribution in [3.05, 3.63) is 51.4 Å². The molecule has 0 bridgehead atoms. The van der Waals surface area contributed by atoms with Gasteiger partial charge < -0.3 is 19.8 Å². The van der Waals surface area contributed by atoms with Crippen LogP contribution >= 0.6 is 15.9 Å². The van der Waals surface area contributed by atoms with Crippen molar-refractivity contribution in [1.29, 1.82) is 0 Å². The summed E-state index contributed by atoms with van der Waals surface area (Å²) in [5.41, 5.74) is 2.13. The van der Waals surface area contributed by atoms with Crippen LogP contribution < -0.4 is 10.6 Å². The summed E-state index contributed by atoms with van der Waals surface area (Å²) in [6.07, 6.45) is 0.439. The Balaban J connectivity index is 1.51. The number of furan rings is 1. The van der Waals surface area contributed by atoms with Crippen molar-refractivity contribution in [3.63, 3.8) is 0 Å². The van der Waals surface area contributed by atoms with E-state index in [9.17, 15) is 9.59 Å². The quantitative estimate of drug-likeness (QED) is 0.658. The zero-order valence-corrected chi connectivity index (χ0v) is 18.3. The molecular formula is C21H26BrN3O4. The van der Waals surface area contributed by atoms with Crippen LogP contribution in [0.25, 0.3) is 0 Å². The van der Waals surface area contributed by atoms with E-state index in [0.29, 0.717) is 34.5 Å². The maximum atomic E-state index is 12.5. The Kier molecular flexibility index (Phi) is 7.46. The van der Waals surface area contributed by atoms with Crippen LogP contribution in [0.15, 0.2) is 33.2 Å². The first-order valence-corrected chi connectivity index (χ1v) is 10.5. The van der Waals surface area contributed by atoms with Crippen LogP contribution in [0.4, 0.5) is 5.69 Å². The van der Waals surface area contributed by atoms with Gasteiger partial charge in [0.1, 0.15) is 11.5 Å². The van der Waals surface area contributed by atoms with Gasteiger partial charge in [0, 0.05) is 38.3 Å². The van der Waals surface area contributed by atoms with Crippen LogP contribution in [0, 0.1) is 13.8 Å². The Morgan fingerprint density at radius 2 is 1.93 bits per heavy atom. The van der Waals surface area contributed by atoms with E-state index in [0.717, 1.165) is 44.1 Å². The molecule has 2 N–H and O–H groups in total. The fourth-order valence-electron chi connectivity index (χ4n) is 3.25. The molecule has 2 amide bonds. The molecule has 156 valence electrons. The van der Waals surface area contributed by atoms with E-state index in [1.54, 1.807) is 13.8 Å². The standard InChI is InChI=1S/C21H26BrN3O4/c1-14-19(20(22)15(2)29-14)21(27)23-13-16-4-3-5-17(12-16)24-18(26)6-7-25-8-10-28-11-9-25/h3-5,12H,6-11,13H2,1-2H3,(H,23,27)(H,24,26). The number of nitrogens with one attached hydrogen (secondary N) is 2. The Morgan fingerprint density at radius 1 is 1.17 bits per heavy atom. The lowest BCUT2D eigenvalue weighted by atomic mass is 10.1. The Bertz CT molecular complexity index is 875. The summed E-state index contributed by atoms with van der Waals surface area (Å²) < 4.78 is 11.5. The Labute approximate surface area is 178 Å². The minimum atomic E-state index is -0.203. The number of carbonyl (C=O) groups is 2. The van der Waals surface area contributed by atoms with E-state index in [1.807, 2.05) is 24.3 Å². The predicted octanol–water partition coefficient (Wildman–Crippen LogP) is 3.25. The summed E-state index contributed by atoms with van der Waals surface area (Å²) in [6.45, 7) is 7.84. The third-order valence-electron chi connectivity index (χ3n) is 4.84. The maximum absolute atomic E-state index is 12.5. The van der Waals surface area contributed by atoms with E-state index in [-0.39, 0.29) is 11.8 Å². The van der Waals surface area contributed by atoms with Gasteiger partial charge in [-0.15, -0.1) is 0 Å². The van der Waals surface area contributed by atoms with Crippen molar-refractivity contribution < 1.29 is 18.7 Å². The van der Waals surface area contributed by atoms with Gasteiger partial charge in [0.25, 0.3) is 5.91 Å². The summed E-state index contributed by atoms with van der Waals surface area (Å²) in [7, 11) is 0. The highest BCUT2D eigenvalue weighted by atomic mass is 79.9. The van der Waals surface area contributed by atoms with Gasteiger partial charge >= 0.3 is 0 Å². The molecule has 1 aromatic heterocycles. The molecule has 0 atom stereocenters. The number of anilines is 1. The van der Waals surface area contributed by atoms with E-state index in [2.05, 4.69) is 31.5 Å². The topological polar surface area (TPSA) is 83.8 Å². The molecule has 2 heterocycles. The normalized spacial score (nSPS) is 14.6. The van der Waals surface area contributed by atoms with E-state index in [1.165, 1.54) is 0 Å². The zero-order chi connectivity index (χ0) is 20.8. The number of benzene rings is 1. The first-order chi connectivity index (χ1) is 13.9. The van der Waals surface area contributed by atoms with Crippen molar-refractivity contribution >= 4 is 33.4 Å². The predicted molar refractivity (Wildman–Crippen MR) is 114 cm³/mol. The van der Waals surface area contributed by atoms with Gasteiger partial charge in [-0.3, -0.25) is 14.5 Å². The van der Waals surface area contributed by atoms with E-state index in [4.69, 9.17) is 9.15 Å². The average molecular weight is 464 g/mol. The minimum Gasteiger partial charge on any atom is -0.465 e. The number of morpholine rings is 1. The van der Waals surface area contributed by atoms with Gasteiger partial charge in [-0.1, -0.05) is 12.1 Å². The number of rotatable bonds is 7. The summed E-state index contributed by atoms with van der Waals surface area (Å²) >= 11 is 3.40. The summed E-state index contributed by atoms with van der Waals surface area (Å²) in [4.78, 5) is 27.0. The van der Waals surface area contributed by atoms with E-state index >= 15 is 0 Å². The van der Waals surface area contributed by atoms with Crippen LogP contribution in [0.1, 0.15) is 33.9 Å². The van der Waals surface area contributed by atoms with Crippen LogP contribution in [-0.4, -0.2) is 49.6 Å². The third-order valence-corrected chi connectivity index (χ3v) is 5.79. The average Bonchev–Trinajstić information content (AvgIpc) is 2.97. The molecule has 0 spiro atoms. The molecule has 1 saturated heterocycles. The second-order valence-corrected chi connectivity index (χ2v) is 7.83. The number of halogens is 1. The highest BCUT2D eigenvalue weighted by Crippen LogP contribution is 2.27. The van der Waals surface area contributed by atoms with Crippen molar-refractivity contribution in [1.82, 2.24) is 10.2 Å². The highest BCUT2D eigenvalue weighted by molar-refractivity contribution is 9.10. The number of ether oxygens (including phenoxy) is 1. The second kappa shape index (κ2) is 10.0. The fourth-order valence-corrected chi connectivity index (χ4v) is 3.79. The van der Waals surface area contributed by atoms with Crippen LogP contribution in [-0.2, 0) is 16.1 Å². The fraction of sp³-hybridized carbons (Fsp3) is 0.429. The van der Waals surface area contributed by atoms with Gasteiger partial charge in [-0.25, -0.2) is 0 Å². The molecule has 0 radical (unpaired) electrons. The number of carbonyl (C=O) groups excluding carboxylic acids is 2. The first kappa shape index (κ1) is 21.5. The first-order valence-electron chi connectivity index (χ1n) is 9.66. The summed E-state index contributed by atoms with van der Waals surface area (Å²) in [5.74, 6) is 1.03. The largest absolute Gasteiger partial charge is 0.465 e. The number of aryl methyl sites for hydroxylation is 2. The molecule has 8 heteroatoms. The molecular weight excluding hydrogens is 438 g/mol. The second-order valence-electron chi connectivity index (χ2n) is 7.04. The third kappa shape index (κ3) is 5.91. The molecule has 1 aliphatic rings. The molecule has 0 aliphatic carbocycles. The smallest absolute Gasteiger partial charge is 0.256 e. The number of nitrogens with zero attached hydrogens (tertiary/aromatic N) is 1. The SMILES string of the molecule is Cc1oc(C)c(C(=O)NCc2cccc(NC(=O)CCN3CCOCC3)c2)c1Br. The lowest BCUT2D eigenvalue weighted by molar-refractivity contribution is -0.116. The molecule has 29 heavy (non-hydrogen) atoms. The van der Waals surface area contributed by atoms with Crippen molar-refractivity contribution in [3.8, 4) is 0 Å². The monoisotopic (exact) mass is 463 g/mol. The molecule has 0 unspecified atom stereocenters. The minimum absolute atomic E-state index is 0.0221. The lowest BCUT2D eigenvalue weighted by Gasteiger charge is -2.26. The maximum Gasteiger partial charge on any atom is 0.256 e. The Hall–Kier alpha value is -2.16. The van der Waals surface area contributed by atoms with Gasteiger partial charge in [0.15, 0.2) is 0 Å². The molecule has 1 aromatic carbocycles. The molecule has 1 aliphatic heterocycles. The number of hydrogen-bond acceptors (Lipinski definition) is 5. The molecule has 1 fully saturated rings. The number of amides is 2. The lowest BCUT2D eigenvalue weighted by Crippen LogP contribution is -2.38. The van der Waals surface area contributed by atoms with Crippen molar-refractivity contribution in [2.75, 3.05) is 38.2 Å². The molecule has 0 saturated carbocycles. The van der Waals surface area contributed by atoms with Gasteiger partial charge in [-0.05, 0) is 47.5 Å². The van der Waals surface area contributed by atoms with Gasteiger partial charge in [0.05, 0.1) is 23.2 Å². The van der Waals surface area contributed by atoms with E-state index < -0.39 is 0 Å².